The summed E-state index contributed by atoms with van der Waals surface area (Å²) in [4.78, 5) is 55.4. The Morgan fingerprint density at radius 3 is 2.31 bits per heavy atom. The molecule has 0 aromatic carbocycles. The predicted molar refractivity (Wildman–Crippen MR) is 114 cm³/mol. The number of imidazole rings is 1. The summed E-state index contributed by atoms with van der Waals surface area (Å²) in [5, 5.41) is 26.0. The van der Waals surface area contributed by atoms with Crippen molar-refractivity contribution in [1.29, 1.82) is 0 Å². The Bertz CT molecular complexity index is 755. The molecule has 0 saturated carbocycles. The molecule has 5 unspecified atom stereocenters. The molecule has 1 aromatic rings. The van der Waals surface area contributed by atoms with Crippen LogP contribution in [0.5, 0.6) is 0 Å². The van der Waals surface area contributed by atoms with Crippen LogP contribution in [0, 0.1) is 0 Å². The number of nitrogens with one attached hydrogen (secondary N) is 4. The molecule has 0 fully saturated rings. The van der Waals surface area contributed by atoms with Crippen molar-refractivity contribution in [3.05, 3.63) is 18.2 Å². The molecule has 0 radical (unpaired) electrons. The SMILES string of the molecule is CC(NC(=O)C(N)CCCCN)C(=O)NC(Cc1cnc[nH]1)C(=O)NC(C(=O)O)C(C)O. The third-order valence-electron chi connectivity index (χ3n) is 4.72. The summed E-state index contributed by atoms with van der Waals surface area (Å²) < 4.78 is 0. The summed E-state index contributed by atoms with van der Waals surface area (Å²) in [7, 11) is 0. The first-order valence-corrected chi connectivity index (χ1v) is 10.3. The largest absolute Gasteiger partial charge is 0.480 e. The molecule has 1 rings (SSSR count). The Kier molecular flexibility index (Phi) is 11.3. The minimum atomic E-state index is -1.56. The van der Waals surface area contributed by atoms with Crippen LogP contribution in [-0.2, 0) is 25.6 Å². The second kappa shape index (κ2) is 13.4. The van der Waals surface area contributed by atoms with Gasteiger partial charge in [0.15, 0.2) is 6.04 Å². The molecule has 10 N–H and O–H groups in total. The van der Waals surface area contributed by atoms with E-state index >= 15 is 0 Å². The van der Waals surface area contributed by atoms with Crippen LogP contribution in [0.3, 0.4) is 0 Å². The molecule has 0 aliphatic carbocycles. The average molecular weight is 456 g/mol. The lowest BCUT2D eigenvalue weighted by Gasteiger charge is -2.24. The summed E-state index contributed by atoms with van der Waals surface area (Å²) in [6.07, 6.45) is 3.26. The molecular formula is C19H33N7O6. The second-order valence-electron chi connectivity index (χ2n) is 7.53. The molecule has 13 nitrogen and oxygen atoms in total. The highest BCUT2D eigenvalue weighted by molar-refractivity contribution is 5.94. The number of amides is 3. The zero-order chi connectivity index (χ0) is 24.3. The first-order valence-electron chi connectivity index (χ1n) is 10.3. The van der Waals surface area contributed by atoms with Gasteiger partial charge in [-0.05, 0) is 33.2 Å². The van der Waals surface area contributed by atoms with Gasteiger partial charge >= 0.3 is 5.97 Å². The van der Waals surface area contributed by atoms with Gasteiger partial charge < -0.3 is 42.6 Å². The van der Waals surface area contributed by atoms with Crippen molar-refractivity contribution in [3.63, 3.8) is 0 Å². The normalized spacial score (nSPS) is 15.7. The Morgan fingerprint density at radius 1 is 1.09 bits per heavy atom. The van der Waals surface area contributed by atoms with E-state index in [9.17, 15) is 29.4 Å². The molecular weight excluding hydrogens is 422 g/mol. The number of H-pyrrole nitrogens is 1. The van der Waals surface area contributed by atoms with Crippen molar-refractivity contribution in [1.82, 2.24) is 25.9 Å². The zero-order valence-electron chi connectivity index (χ0n) is 18.2. The highest BCUT2D eigenvalue weighted by Gasteiger charge is 2.31. The molecule has 0 spiro atoms. The van der Waals surface area contributed by atoms with Gasteiger partial charge in [0.2, 0.25) is 17.7 Å². The Balaban J connectivity index is 2.80. The molecule has 5 atom stereocenters. The van der Waals surface area contributed by atoms with Gasteiger partial charge in [-0.3, -0.25) is 14.4 Å². The van der Waals surface area contributed by atoms with Crippen LogP contribution >= 0.6 is 0 Å². The first kappa shape index (κ1) is 27.0. The summed E-state index contributed by atoms with van der Waals surface area (Å²) in [5.41, 5.74) is 11.7. The van der Waals surface area contributed by atoms with Gasteiger partial charge in [0, 0.05) is 18.3 Å². The average Bonchev–Trinajstić information content (AvgIpc) is 3.23. The summed E-state index contributed by atoms with van der Waals surface area (Å²) in [6, 6.07) is -4.57. The third-order valence-corrected chi connectivity index (χ3v) is 4.72. The lowest BCUT2D eigenvalue weighted by molar-refractivity contribution is -0.145. The zero-order valence-corrected chi connectivity index (χ0v) is 18.2. The maximum Gasteiger partial charge on any atom is 0.328 e. The lowest BCUT2D eigenvalue weighted by atomic mass is 10.1. The van der Waals surface area contributed by atoms with Crippen molar-refractivity contribution < 1.29 is 29.4 Å². The molecule has 0 bridgehead atoms. The van der Waals surface area contributed by atoms with E-state index in [1.54, 1.807) is 0 Å². The fourth-order valence-electron chi connectivity index (χ4n) is 2.79. The first-order chi connectivity index (χ1) is 15.1. The second-order valence-corrected chi connectivity index (χ2v) is 7.53. The van der Waals surface area contributed by atoms with Crippen LogP contribution in [0.1, 0.15) is 38.8 Å². The number of carboxylic acid groups (broad SMARTS) is 1. The van der Waals surface area contributed by atoms with Gasteiger partial charge in [-0.2, -0.15) is 0 Å². The van der Waals surface area contributed by atoms with E-state index in [0.717, 1.165) is 6.42 Å². The number of aromatic nitrogens is 2. The molecule has 180 valence electrons. The summed E-state index contributed by atoms with van der Waals surface area (Å²) >= 11 is 0. The van der Waals surface area contributed by atoms with Crippen molar-refractivity contribution >= 4 is 23.7 Å². The van der Waals surface area contributed by atoms with E-state index in [2.05, 4.69) is 25.9 Å². The highest BCUT2D eigenvalue weighted by atomic mass is 16.4. The molecule has 0 saturated heterocycles. The standard InChI is InChI=1S/C19H33N7O6/c1-10(24-17(29)13(21)5-3-4-6-20)16(28)25-14(7-12-8-22-9-23-12)18(30)26-15(11(2)27)19(31)32/h8-11,13-15,27H,3-7,20-21H2,1-2H3,(H,22,23)(H,24,29)(H,25,28)(H,26,30)(H,31,32). The summed E-state index contributed by atoms with van der Waals surface area (Å²) in [6.45, 7) is 3.14. The van der Waals surface area contributed by atoms with Crippen LogP contribution in [0.25, 0.3) is 0 Å². The predicted octanol–water partition coefficient (Wildman–Crippen LogP) is -2.65. The van der Waals surface area contributed by atoms with E-state index in [1.165, 1.54) is 26.4 Å². The van der Waals surface area contributed by atoms with Crippen LogP contribution in [0.4, 0.5) is 0 Å². The van der Waals surface area contributed by atoms with E-state index in [1.807, 2.05) is 0 Å². The number of carbonyl (C=O) groups is 4. The number of nitrogens with two attached hydrogens (primary N) is 2. The van der Waals surface area contributed by atoms with E-state index < -0.39 is 54.0 Å². The van der Waals surface area contributed by atoms with Crippen LogP contribution in [-0.4, -0.2) is 80.7 Å². The molecule has 3 amide bonds. The fourth-order valence-corrected chi connectivity index (χ4v) is 2.79. The molecule has 0 aliphatic rings. The highest BCUT2D eigenvalue weighted by Crippen LogP contribution is 2.03. The maximum atomic E-state index is 12.7. The van der Waals surface area contributed by atoms with Gasteiger partial charge in [0.05, 0.1) is 18.5 Å². The number of carbonyl (C=O) groups excluding carboxylic acids is 3. The van der Waals surface area contributed by atoms with Gasteiger partial charge in [-0.1, -0.05) is 6.42 Å². The van der Waals surface area contributed by atoms with E-state index in [0.29, 0.717) is 25.1 Å². The number of carboxylic acids is 1. The number of aliphatic carboxylic acids is 1. The minimum absolute atomic E-state index is 0.0248. The monoisotopic (exact) mass is 455 g/mol. The topological polar surface area (TPSA) is 226 Å². The van der Waals surface area contributed by atoms with Crippen molar-refractivity contribution in [3.8, 4) is 0 Å². The van der Waals surface area contributed by atoms with E-state index in [4.69, 9.17) is 11.5 Å². The number of rotatable bonds is 14. The third kappa shape index (κ3) is 8.99. The van der Waals surface area contributed by atoms with Crippen LogP contribution in [0.2, 0.25) is 0 Å². The number of nitrogens with zero attached hydrogens (tertiary/aromatic N) is 1. The molecule has 0 aliphatic heterocycles. The van der Waals surface area contributed by atoms with Crippen LogP contribution in [0.15, 0.2) is 12.5 Å². The number of hydrogen-bond acceptors (Lipinski definition) is 8. The molecule has 1 aromatic heterocycles. The van der Waals surface area contributed by atoms with Gasteiger partial charge in [0.1, 0.15) is 12.1 Å². The fraction of sp³-hybridized carbons (Fsp3) is 0.632. The smallest absolute Gasteiger partial charge is 0.328 e. The number of aliphatic hydroxyl groups is 1. The minimum Gasteiger partial charge on any atom is -0.480 e. The van der Waals surface area contributed by atoms with Crippen molar-refractivity contribution in [2.24, 2.45) is 11.5 Å². The quantitative estimate of drug-likeness (QED) is 0.137. The van der Waals surface area contributed by atoms with Gasteiger partial charge in [-0.25, -0.2) is 9.78 Å². The van der Waals surface area contributed by atoms with Gasteiger partial charge in [-0.15, -0.1) is 0 Å². The van der Waals surface area contributed by atoms with Crippen molar-refractivity contribution in [2.75, 3.05) is 6.54 Å². The Morgan fingerprint density at radius 2 is 1.78 bits per heavy atom. The molecule has 32 heavy (non-hydrogen) atoms. The molecule has 13 heteroatoms. The lowest BCUT2D eigenvalue weighted by Crippen LogP contribution is -2.58. The van der Waals surface area contributed by atoms with Gasteiger partial charge in [0.25, 0.3) is 0 Å². The van der Waals surface area contributed by atoms with Crippen molar-refractivity contribution in [2.45, 2.75) is 69.8 Å². The molecule has 1 heterocycles. The van der Waals surface area contributed by atoms with Crippen LogP contribution < -0.4 is 27.4 Å². The Labute approximate surface area is 185 Å². The maximum absolute atomic E-state index is 12.7. The summed E-state index contributed by atoms with van der Waals surface area (Å²) in [5.74, 6) is -3.43. The number of aromatic amines is 1. The number of unbranched alkanes of at least 4 members (excludes halogenated alkanes) is 1. The number of hydrogen-bond donors (Lipinski definition) is 8. The van der Waals surface area contributed by atoms with E-state index in [-0.39, 0.29) is 6.42 Å². The number of aliphatic hydroxyl groups excluding tert-OH is 1. The Hall–Kier alpha value is -3.03.